The van der Waals surface area contributed by atoms with Crippen molar-refractivity contribution in [2.45, 2.75) is 37.6 Å². The molecule has 0 aromatic heterocycles. The number of nitrogens with one attached hydrogen (secondary N) is 2. The van der Waals surface area contributed by atoms with Crippen molar-refractivity contribution in [3.05, 3.63) is 71.8 Å². The summed E-state index contributed by atoms with van der Waals surface area (Å²) >= 11 is 0. The first-order chi connectivity index (χ1) is 14.5. The number of carbonyl (C=O) groups excluding carboxylic acids is 3. The second kappa shape index (κ2) is 8.30. The Morgan fingerprint density at radius 1 is 1.07 bits per heavy atom. The molecule has 1 atom stereocenters. The molecule has 0 spiro atoms. The number of hydrogen-bond donors (Lipinski definition) is 2. The van der Waals surface area contributed by atoms with E-state index in [0.29, 0.717) is 6.54 Å². The van der Waals surface area contributed by atoms with E-state index in [9.17, 15) is 14.4 Å². The van der Waals surface area contributed by atoms with E-state index in [1.54, 1.807) is 6.92 Å². The van der Waals surface area contributed by atoms with Crippen LogP contribution in [0.4, 0.5) is 4.79 Å². The Morgan fingerprint density at radius 2 is 1.63 bits per heavy atom. The topological polar surface area (TPSA) is 78.5 Å². The Hall–Kier alpha value is -3.15. The predicted octanol–water partition coefficient (Wildman–Crippen LogP) is 3.05. The van der Waals surface area contributed by atoms with E-state index in [4.69, 9.17) is 0 Å². The van der Waals surface area contributed by atoms with Crippen LogP contribution in [-0.4, -0.2) is 41.4 Å². The zero-order valence-corrected chi connectivity index (χ0v) is 17.1. The van der Waals surface area contributed by atoms with E-state index >= 15 is 0 Å². The average molecular weight is 405 g/mol. The van der Waals surface area contributed by atoms with Gasteiger partial charge in [-0.3, -0.25) is 14.5 Å². The highest BCUT2D eigenvalue weighted by atomic mass is 16.2. The van der Waals surface area contributed by atoms with Gasteiger partial charge in [-0.05, 0) is 43.2 Å². The molecule has 1 aliphatic carbocycles. The van der Waals surface area contributed by atoms with Crippen LogP contribution in [0.5, 0.6) is 0 Å². The molecule has 30 heavy (non-hydrogen) atoms. The van der Waals surface area contributed by atoms with E-state index in [0.717, 1.165) is 24.2 Å². The third-order valence-corrected chi connectivity index (χ3v) is 6.16. The molecule has 4 amide bonds. The fourth-order valence-corrected chi connectivity index (χ4v) is 4.25. The normalized spacial score (nSPS) is 21.1. The van der Waals surface area contributed by atoms with Gasteiger partial charge in [-0.25, -0.2) is 4.79 Å². The van der Waals surface area contributed by atoms with Gasteiger partial charge in [0.15, 0.2) is 0 Å². The maximum absolute atomic E-state index is 12.7. The Balaban J connectivity index is 1.35. The second-order valence-corrected chi connectivity index (χ2v) is 8.31. The quantitative estimate of drug-likeness (QED) is 0.663. The molecule has 1 saturated heterocycles. The third-order valence-electron chi connectivity index (χ3n) is 6.16. The largest absolute Gasteiger partial charge is 0.355 e. The molecule has 0 radical (unpaired) electrons. The number of carbonyl (C=O) groups is 3. The maximum Gasteiger partial charge on any atom is 0.325 e. The van der Waals surface area contributed by atoms with Crippen molar-refractivity contribution in [1.82, 2.24) is 15.5 Å². The summed E-state index contributed by atoms with van der Waals surface area (Å²) in [5, 5.41) is 5.65. The molecule has 156 valence electrons. The smallest absolute Gasteiger partial charge is 0.325 e. The first kappa shape index (κ1) is 20.1. The van der Waals surface area contributed by atoms with Gasteiger partial charge in [-0.2, -0.15) is 0 Å². The number of amides is 4. The van der Waals surface area contributed by atoms with Gasteiger partial charge >= 0.3 is 6.03 Å². The molecular formula is C24H27N3O3. The number of urea groups is 1. The molecule has 1 unspecified atom stereocenters. The number of nitrogens with zero attached hydrogens (tertiary/aromatic N) is 1. The third kappa shape index (κ3) is 4.08. The van der Waals surface area contributed by atoms with E-state index < -0.39 is 11.6 Å². The zero-order valence-electron chi connectivity index (χ0n) is 17.1. The standard InChI is InChI=1S/C24H27N3O3/c1-24(19-12-13-19)22(29)27(23(30)26-24)16-21(28)25-15-14-20(17-8-4-2-5-9-17)18-10-6-3-7-11-18/h2-11,19-20H,12-16H2,1H3,(H,25,28)(H,26,30). The zero-order chi connectivity index (χ0) is 21.1. The summed E-state index contributed by atoms with van der Waals surface area (Å²) in [7, 11) is 0. The van der Waals surface area contributed by atoms with Crippen LogP contribution < -0.4 is 10.6 Å². The van der Waals surface area contributed by atoms with Gasteiger partial charge in [-0.1, -0.05) is 60.7 Å². The fraction of sp³-hybridized carbons (Fsp3) is 0.375. The van der Waals surface area contributed by atoms with E-state index in [2.05, 4.69) is 34.9 Å². The average Bonchev–Trinajstić information content (AvgIpc) is 3.59. The van der Waals surface area contributed by atoms with Gasteiger partial charge in [0.2, 0.25) is 5.91 Å². The summed E-state index contributed by atoms with van der Waals surface area (Å²) in [6, 6.07) is 19.9. The Bertz CT molecular complexity index is 888. The molecule has 2 aromatic rings. The molecule has 6 heteroatoms. The lowest BCUT2D eigenvalue weighted by molar-refractivity contribution is -0.135. The first-order valence-electron chi connectivity index (χ1n) is 10.5. The highest BCUT2D eigenvalue weighted by molar-refractivity contribution is 6.09. The van der Waals surface area contributed by atoms with Crippen molar-refractivity contribution in [2.75, 3.05) is 13.1 Å². The number of imide groups is 1. The van der Waals surface area contributed by atoms with Crippen LogP contribution in [0.15, 0.2) is 60.7 Å². The van der Waals surface area contributed by atoms with Crippen LogP contribution in [-0.2, 0) is 9.59 Å². The van der Waals surface area contributed by atoms with Crippen molar-refractivity contribution >= 4 is 17.8 Å². The lowest BCUT2D eigenvalue weighted by Crippen LogP contribution is -2.47. The van der Waals surface area contributed by atoms with Gasteiger partial charge in [0, 0.05) is 12.5 Å². The van der Waals surface area contributed by atoms with E-state index in [-0.39, 0.29) is 30.2 Å². The summed E-state index contributed by atoms with van der Waals surface area (Å²) in [4.78, 5) is 38.4. The van der Waals surface area contributed by atoms with Crippen LogP contribution in [0.1, 0.15) is 43.2 Å². The summed E-state index contributed by atoms with van der Waals surface area (Å²) in [6.45, 7) is 1.97. The van der Waals surface area contributed by atoms with Crippen molar-refractivity contribution in [3.8, 4) is 0 Å². The molecule has 2 fully saturated rings. The van der Waals surface area contributed by atoms with E-state index in [1.165, 1.54) is 11.1 Å². The highest BCUT2D eigenvalue weighted by Crippen LogP contribution is 2.42. The van der Waals surface area contributed by atoms with Gasteiger partial charge in [0.25, 0.3) is 5.91 Å². The fourth-order valence-electron chi connectivity index (χ4n) is 4.25. The SMILES string of the molecule is CC1(C2CC2)NC(=O)N(CC(=O)NCCC(c2ccccc2)c2ccccc2)C1=O. The molecule has 2 aliphatic rings. The number of rotatable bonds is 8. The minimum atomic E-state index is -0.858. The lowest BCUT2D eigenvalue weighted by atomic mass is 9.88. The molecule has 0 bridgehead atoms. The summed E-state index contributed by atoms with van der Waals surface area (Å²) in [5.74, 6) is -0.280. The molecule has 1 heterocycles. The first-order valence-corrected chi connectivity index (χ1v) is 10.5. The molecule has 1 saturated carbocycles. The summed E-state index contributed by atoms with van der Waals surface area (Å²) in [5.41, 5.74) is 1.52. The van der Waals surface area contributed by atoms with Crippen LogP contribution in [0.3, 0.4) is 0 Å². The molecule has 2 aromatic carbocycles. The number of hydrogen-bond acceptors (Lipinski definition) is 3. The molecule has 1 aliphatic heterocycles. The van der Waals surface area contributed by atoms with Crippen molar-refractivity contribution in [3.63, 3.8) is 0 Å². The van der Waals surface area contributed by atoms with Crippen LogP contribution in [0, 0.1) is 5.92 Å². The van der Waals surface area contributed by atoms with Crippen LogP contribution >= 0.6 is 0 Å². The monoisotopic (exact) mass is 405 g/mol. The second-order valence-electron chi connectivity index (χ2n) is 8.31. The van der Waals surface area contributed by atoms with E-state index in [1.807, 2.05) is 36.4 Å². The summed E-state index contributed by atoms with van der Waals surface area (Å²) < 4.78 is 0. The molecular weight excluding hydrogens is 378 g/mol. The van der Waals surface area contributed by atoms with Crippen molar-refractivity contribution in [1.29, 1.82) is 0 Å². The molecule has 2 N–H and O–H groups in total. The predicted molar refractivity (Wildman–Crippen MR) is 114 cm³/mol. The van der Waals surface area contributed by atoms with Gasteiger partial charge in [0.1, 0.15) is 12.1 Å². The van der Waals surface area contributed by atoms with Crippen molar-refractivity contribution < 1.29 is 14.4 Å². The minimum Gasteiger partial charge on any atom is -0.355 e. The Labute approximate surface area is 176 Å². The van der Waals surface area contributed by atoms with Crippen molar-refractivity contribution in [2.24, 2.45) is 5.92 Å². The van der Waals surface area contributed by atoms with Gasteiger partial charge in [-0.15, -0.1) is 0 Å². The van der Waals surface area contributed by atoms with Crippen LogP contribution in [0.2, 0.25) is 0 Å². The summed E-state index contributed by atoms with van der Waals surface area (Å²) in [6.07, 6.45) is 2.59. The Kier molecular flexibility index (Phi) is 5.57. The lowest BCUT2D eigenvalue weighted by Gasteiger charge is -2.21. The molecule has 6 nitrogen and oxygen atoms in total. The van der Waals surface area contributed by atoms with Gasteiger partial charge < -0.3 is 10.6 Å². The molecule has 4 rings (SSSR count). The van der Waals surface area contributed by atoms with Crippen LogP contribution in [0.25, 0.3) is 0 Å². The van der Waals surface area contributed by atoms with Gasteiger partial charge in [0.05, 0.1) is 0 Å². The maximum atomic E-state index is 12.7. The number of benzene rings is 2. The minimum absolute atomic E-state index is 0.155. The highest BCUT2D eigenvalue weighted by Gasteiger charge is 2.56. The Morgan fingerprint density at radius 3 is 2.17 bits per heavy atom.